The van der Waals surface area contributed by atoms with Gasteiger partial charge in [-0.2, -0.15) is 0 Å². The van der Waals surface area contributed by atoms with Crippen LogP contribution in [0.3, 0.4) is 0 Å². The molecule has 0 fully saturated rings. The van der Waals surface area contributed by atoms with E-state index in [1.165, 1.54) is 6.26 Å². The third-order valence-corrected chi connectivity index (χ3v) is 2.59. The van der Waals surface area contributed by atoms with Crippen LogP contribution in [0.4, 0.5) is 0 Å². The van der Waals surface area contributed by atoms with Gasteiger partial charge in [0, 0.05) is 6.04 Å². The zero-order valence-electron chi connectivity index (χ0n) is 7.04. The van der Waals surface area contributed by atoms with Crippen molar-refractivity contribution in [2.45, 2.75) is 25.5 Å². The molecule has 2 unspecified atom stereocenters. The van der Waals surface area contributed by atoms with Gasteiger partial charge < -0.3 is 15.3 Å². The summed E-state index contributed by atoms with van der Waals surface area (Å²) in [6.45, 7) is 3.36. The Morgan fingerprint density at radius 2 is 2.33 bits per heavy atom. The normalized spacial score (nSPS) is 18.8. The van der Waals surface area contributed by atoms with Gasteiger partial charge in [-0.25, -0.2) is 0 Å². The minimum atomic E-state index is -1.12. The van der Waals surface area contributed by atoms with Crippen LogP contribution in [0, 0.1) is 0 Å². The molecule has 0 spiro atoms. The van der Waals surface area contributed by atoms with Gasteiger partial charge in [0.15, 0.2) is 5.76 Å². The van der Waals surface area contributed by atoms with E-state index >= 15 is 0 Å². The Hall–Kier alpha value is -0.320. The summed E-state index contributed by atoms with van der Waals surface area (Å²) >= 11 is 3.26. The van der Waals surface area contributed by atoms with Crippen molar-refractivity contribution in [3.63, 3.8) is 0 Å². The minimum Gasteiger partial charge on any atom is -0.465 e. The van der Waals surface area contributed by atoms with Crippen LogP contribution >= 0.6 is 15.9 Å². The Morgan fingerprint density at radius 1 is 1.75 bits per heavy atom. The standard InChI is InChI=1S/C8H12BrNO2/c1-5(10)8(2,11)7-6(9)3-4-12-7/h3-5,11H,10H2,1-2H3. The van der Waals surface area contributed by atoms with Crippen LogP contribution in [-0.4, -0.2) is 11.1 Å². The fourth-order valence-corrected chi connectivity index (χ4v) is 1.46. The number of rotatable bonds is 2. The molecule has 1 aromatic rings. The van der Waals surface area contributed by atoms with Crippen LogP contribution in [0.2, 0.25) is 0 Å². The van der Waals surface area contributed by atoms with Gasteiger partial charge in [-0.05, 0) is 35.8 Å². The summed E-state index contributed by atoms with van der Waals surface area (Å²) in [6.07, 6.45) is 1.51. The summed E-state index contributed by atoms with van der Waals surface area (Å²) < 4.78 is 5.85. The first-order chi connectivity index (χ1) is 5.46. The Morgan fingerprint density at radius 3 is 2.67 bits per heavy atom. The molecule has 0 aliphatic rings. The van der Waals surface area contributed by atoms with Crippen LogP contribution in [0.1, 0.15) is 19.6 Å². The molecule has 0 amide bonds. The Bertz CT molecular complexity index is 268. The summed E-state index contributed by atoms with van der Waals surface area (Å²) in [5.74, 6) is 0.470. The first-order valence-electron chi connectivity index (χ1n) is 3.67. The van der Waals surface area contributed by atoms with E-state index in [0.717, 1.165) is 4.47 Å². The van der Waals surface area contributed by atoms with Crippen molar-refractivity contribution in [3.05, 3.63) is 22.6 Å². The number of nitrogens with two attached hydrogens (primary N) is 1. The van der Waals surface area contributed by atoms with Crippen LogP contribution in [-0.2, 0) is 5.60 Å². The van der Waals surface area contributed by atoms with Crippen LogP contribution in [0.25, 0.3) is 0 Å². The van der Waals surface area contributed by atoms with E-state index in [1.807, 2.05) is 0 Å². The average Bonchev–Trinajstić information content (AvgIpc) is 2.35. The molecule has 0 aliphatic carbocycles. The molecule has 1 aromatic heterocycles. The van der Waals surface area contributed by atoms with Crippen LogP contribution < -0.4 is 5.73 Å². The molecule has 1 heterocycles. The molecule has 68 valence electrons. The zero-order chi connectivity index (χ0) is 9.35. The Labute approximate surface area is 79.7 Å². The third-order valence-electron chi connectivity index (χ3n) is 1.96. The van der Waals surface area contributed by atoms with E-state index in [2.05, 4.69) is 15.9 Å². The molecule has 0 saturated heterocycles. The smallest absolute Gasteiger partial charge is 0.150 e. The zero-order valence-corrected chi connectivity index (χ0v) is 8.63. The molecule has 12 heavy (non-hydrogen) atoms. The molecule has 3 nitrogen and oxygen atoms in total. The quantitative estimate of drug-likeness (QED) is 0.816. The molecular formula is C8H12BrNO2. The van der Waals surface area contributed by atoms with E-state index in [4.69, 9.17) is 10.2 Å². The van der Waals surface area contributed by atoms with E-state index in [1.54, 1.807) is 19.9 Å². The van der Waals surface area contributed by atoms with Crippen molar-refractivity contribution in [3.8, 4) is 0 Å². The maximum Gasteiger partial charge on any atom is 0.150 e. The summed E-state index contributed by atoms with van der Waals surface area (Å²) in [7, 11) is 0. The Balaban J connectivity index is 3.05. The highest BCUT2D eigenvalue weighted by atomic mass is 79.9. The topological polar surface area (TPSA) is 59.4 Å². The molecule has 2 atom stereocenters. The lowest BCUT2D eigenvalue weighted by molar-refractivity contribution is 0.0125. The lowest BCUT2D eigenvalue weighted by Crippen LogP contribution is -2.40. The van der Waals surface area contributed by atoms with Crippen molar-refractivity contribution < 1.29 is 9.52 Å². The third kappa shape index (κ3) is 1.55. The van der Waals surface area contributed by atoms with E-state index in [9.17, 15) is 5.11 Å². The summed E-state index contributed by atoms with van der Waals surface area (Å²) in [4.78, 5) is 0. The molecule has 0 aliphatic heterocycles. The first-order valence-corrected chi connectivity index (χ1v) is 4.47. The predicted molar refractivity (Wildman–Crippen MR) is 49.6 cm³/mol. The van der Waals surface area contributed by atoms with Crippen molar-refractivity contribution in [1.29, 1.82) is 0 Å². The number of aliphatic hydroxyl groups is 1. The monoisotopic (exact) mass is 233 g/mol. The van der Waals surface area contributed by atoms with Gasteiger partial charge in [0.05, 0.1) is 10.7 Å². The average molecular weight is 234 g/mol. The maximum atomic E-state index is 9.88. The fraction of sp³-hybridized carbons (Fsp3) is 0.500. The first kappa shape index (κ1) is 9.77. The second-order valence-corrected chi connectivity index (χ2v) is 3.89. The highest BCUT2D eigenvalue weighted by Gasteiger charge is 2.32. The van der Waals surface area contributed by atoms with Crippen molar-refractivity contribution in [1.82, 2.24) is 0 Å². The lowest BCUT2D eigenvalue weighted by Gasteiger charge is -2.25. The number of furan rings is 1. The van der Waals surface area contributed by atoms with Crippen molar-refractivity contribution in [2.75, 3.05) is 0 Å². The molecule has 0 radical (unpaired) electrons. The predicted octanol–water partition coefficient (Wildman–Crippen LogP) is 1.60. The van der Waals surface area contributed by atoms with E-state index in [0.29, 0.717) is 5.76 Å². The second kappa shape index (κ2) is 3.20. The second-order valence-electron chi connectivity index (χ2n) is 3.03. The number of hydrogen-bond acceptors (Lipinski definition) is 3. The van der Waals surface area contributed by atoms with Gasteiger partial charge in [0.25, 0.3) is 0 Å². The Kier molecular flexibility index (Phi) is 2.61. The number of hydrogen-bond donors (Lipinski definition) is 2. The highest BCUT2D eigenvalue weighted by Crippen LogP contribution is 2.30. The van der Waals surface area contributed by atoms with Gasteiger partial charge in [-0.15, -0.1) is 0 Å². The van der Waals surface area contributed by atoms with Gasteiger partial charge in [0.2, 0.25) is 0 Å². The molecule has 4 heteroatoms. The molecule has 0 saturated carbocycles. The van der Waals surface area contributed by atoms with Crippen LogP contribution in [0.5, 0.6) is 0 Å². The van der Waals surface area contributed by atoms with Gasteiger partial charge >= 0.3 is 0 Å². The molecule has 0 bridgehead atoms. The largest absolute Gasteiger partial charge is 0.465 e. The summed E-state index contributed by atoms with van der Waals surface area (Å²) in [5.41, 5.74) is 4.48. The highest BCUT2D eigenvalue weighted by molar-refractivity contribution is 9.10. The van der Waals surface area contributed by atoms with Crippen molar-refractivity contribution in [2.24, 2.45) is 5.73 Å². The van der Waals surface area contributed by atoms with Gasteiger partial charge in [-0.1, -0.05) is 0 Å². The van der Waals surface area contributed by atoms with Gasteiger partial charge in [-0.3, -0.25) is 0 Å². The maximum absolute atomic E-state index is 9.88. The SMILES string of the molecule is CC(N)C(C)(O)c1occc1Br. The van der Waals surface area contributed by atoms with Crippen LogP contribution in [0.15, 0.2) is 21.2 Å². The lowest BCUT2D eigenvalue weighted by atomic mass is 9.96. The number of halogens is 1. The fourth-order valence-electron chi connectivity index (χ4n) is 0.862. The summed E-state index contributed by atoms with van der Waals surface area (Å²) in [5, 5.41) is 9.88. The molecular weight excluding hydrogens is 222 g/mol. The molecule has 3 N–H and O–H groups in total. The van der Waals surface area contributed by atoms with Crippen molar-refractivity contribution >= 4 is 15.9 Å². The minimum absolute atomic E-state index is 0.375. The molecule has 0 aromatic carbocycles. The molecule has 1 rings (SSSR count). The summed E-state index contributed by atoms with van der Waals surface area (Å²) in [6, 6.07) is 1.35. The van der Waals surface area contributed by atoms with E-state index in [-0.39, 0.29) is 6.04 Å². The van der Waals surface area contributed by atoms with Gasteiger partial charge in [0.1, 0.15) is 5.60 Å². The van der Waals surface area contributed by atoms with E-state index < -0.39 is 5.60 Å².